The SMILES string of the molecule is CCOc1ccccc1[C@@H]1[C@@H](C(C)=O)N2c3c(ccc4cccnc34)C=C[C@H]2C12C(=O)c1ccccc1C2=O. The third-order valence-corrected chi connectivity index (χ3v) is 8.51. The zero-order valence-corrected chi connectivity index (χ0v) is 21.6. The van der Waals surface area contributed by atoms with Crippen LogP contribution in [0.15, 0.2) is 85.1 Å². The number of carbonyl (C=O) groups excluding carboxylic acids is 3. The summed E-state index contributed by atoms with van der Waals surface area (Å²) in [7, 11) is 0. The van der Waals surface area contributed by atoms with E-state index in [0.717, 1.165) is 22.2 Å². The minimum absolute atomic E-state index is 0.126. The molecule has 192 valence electrons. The van der Waals surface area contributed by atoms with Gasteiger partial charge in [-0.3, -0.25) is 19.4 Å². The van der Waals surface area contributed by atoms with Crippen molar-refractivity contribution in [1.29, 1.82) is 0 Å². The zero-order valence-electron chi connectivity index (χ0n) is 21.6. The number of pyridine rings is 1. The van der Waals surface area contributed by atoms with Gasteiger partial charge in [0.2, 0.25) is 0 Å². The Balaban J connectivity index is 1.59. The molecule has 1 aromatic heterocycles. The Kier molecular flexibility index (Phi) is 5.11. The Bertz CT molecular complexity index is 1700. The van der Waals surface area contributed by atoms with Crippen LogP contribution in [0.3, 0.4) is 0 Å². The molecular weight excluding hydrogens is 488 g/mol. The molecule has 0 amide bonds. The topological polar surface area (TPSA) is 76.6 Å². The first-order chi connectivity index (χ1) is 19.0. The van der Waals surface area contributed by atoms with Crippen molar-refractivity contribution in [2.45, 2.75) is 31.8 Å². The highest BCUT2D eigenvalue weighted by atomic mass is 16.5. The van der Waals surface area contributed by atoms with Crippen LogP contribution in [0.25, 0.3) is 17.0 Å². The smallest absolute Gasteiger partial charge is 0.180 e. The summed E-state index contributed by atoms with van der Waals surface area (Å²) in [5.74, 6) is -0.824. The van der Waals surface area contributed by atoms with Gasteiger partial charge in [-0.25, -0.2) is 0 Å². The van der Waals surface area contributed by atoms with Crippen molar-refractivity contribution in [3.63, 3.8) is 0 Å². The van der Waals surface area contributed by atoms with Crippen LogP contribution < -0.4 is 9.64 Å². The number of hydrogen-bond donors (Lipinski definition) is 0. The van der Waals surface area contributed by atoms with Gasteiger partial charge in [0.05, 0.1) is 29.9 Å². The third-order valence-electron chi connectivity index (χ3n) is 8.51. The molecule has 3 atom stereocenters. The predicted octanol–water partition coefficient (Wildman–Crippen LogP) is 5.66. The summed E-state index contributed by atoms with van der Waals surface area (Å²) in [6.45, 7) is 3.85. The van der Waals surface area contributed by atoms with E-state index < -0.39 is 23.4 Å². The normalized spacial score (nSPS) is 22.2. The summed E-state index contributed by atoms with van der Waals surface area (Å²) in [6, 6.07) is 20.9. The monoisotopic (exact) mass is 514 g/mol. The van der Waals surface area contributed by atoms with Crippen LogP contribution >= 0.6 is 0 Å². The molecule has 6 nitrogen and oxygen atoms in total. The number of carbonyl (C=O) groups is 3. The molecule has 0 unspecified atom stereocenters. The number of fused-ring (bicyclic) bond motifs is 7. The average Bonchev–Trinajstić information content (AvgIpc) is 3.39. The minimum Gasteiger partial charge on any atom is -0.494 e. The van der Waals surface area contributed by atoms with Crippen molar-refractivity contribution < 1.29 is 19.1 Å². The number of para-hydroxylation sites is 1. The molecule has 39 heavy (non-hydrogen) atoms. The number of benzene rings is 3. The standard InChI is InChI=1S/C33H26N2O4/c1-3-39-25-13-7-6-12-24(25)27-29(19(2)36)35-26(33(27)31(37)22-10-4-5-11-23(22)32(33)38)17-16-21-15-14-20-9-8-18-34-28(20)30(21)35/h4-18,26-27,29H,3H2,1-2H3/t26-,27+,29+/m0/s1. The van der Waals surface area contributed by atoms with Crippen LogP contribution in [-0.4, -0.2) is 41.0 Å². The Morgan fingerprint density at radius 1 is 0.949 bits per heavy atom. The second-order valence-corrected chi connectivity index (χ2v) is 10.4. The fourth-order valence-corrected chi connectivity index (χ4v) is 7.10. The van der Waals surface area contributed by atoms with Gasteiger partial charge in [-0.2, -0.15) is 0 Å². The van der Waals surface area contributed by atoms with E-state index in [2.05, 4.69) is 0 Å². The van der Waals surface area contributed by atoms with Gasteiger partial charge in [-0.05, 0) is 31.5 Å². The van der Waals surface area contributed by atoms with Gasteiger partial charge >= 0.3 is 0 Å². The largest absolute Gasteiger partial charge is 0.494 e. The molecule has 3 heterocycles. The second kappa shape index (κ2) is 8.46. The maximum atomic E-state index is 14.6. The van der Waals surface area contributed by atoms with Crippen LogP contribution in [0.2, 0.25) is 0 Å². The van der Waals surface area contributed by atoms with Gasteiger partial charge in [0, 0.05) is 34.2 Å². The first-order valence-electron chi connectivity index (χ1n) is 13.2. The van der Waals surface area contributed by atoms with E-state index in [1.807, 2.05) is 72.5 Å². The first-order valence-corrected chi connectivity index (χ1v) is 13.2. The lowest BCUT2D eigenvalue weighted by molar-refractivity contribution is -0.118. The lowest BCUT2D eigenvalue weighted by Gasteiger charge is -2.37. The molecule has 1 spiro atoms. The molecule has 4 aromatic rings. The summed E-state index contributed by atoms with van der Waals surface area (Å²) < 4.78 is 6.04. The second-order valence-electron chi connectivity index (χ2n) is 10.4. The molecule has 7 rings (SSSR count). The molecule has 1 aliphatic carbocycles. The molecule has 6 heteroatoms. The van der Waals surface area contributed by atoms with Gasteiger partial charge in [0.15, 0.2) is 17.3 Å². The highest BCUT2D eigenvalue weighted by molar-refractivity contribution is 6.32. The predicted molar refractivity (Wildman–Crippen MR) is 149 cm³/mol. The molecule has 0 N–H and O–H groups in total. The highest BCUT2D eigenvalue weighted by Gasteiger charge is 2.71. The summed E-state index contributed by atoms with van der Waals surface area (Å²) in [4.78, 5) is 49.8. The van der Waals surface area contributed by atoms with Crippen molar-refractivity contribution in [3.8, 4) is 5.75 Å². The number of anilines is 1. The van der Waals surface area contributed by atoms with Crippen LogP contribution in [0.4, 0.5) is 5.69 Å². The van der Waals surface area contributed by atoms with Crippen molar-refractivity contribution in [1.82, 2.24) is 4.98 Å². The van der Waals surface area contributed by atoms with Crippen molar-refractivity contribution in [2.75, 3.05) is 11.5 Å². The number of hydrogen-bond acceptors (Lipinski definition) is 6. The Morgan fingerprint density at radius 3 is 2.38 bits per heavy atom. The first kappa shape index (κ1) is 23.5. The molecule has 0 radical (unpaired) electrons. The van der Waals surface area contributed by atoms with Gasteiger partial charge < -0.3 is 9.64 Å². The summed E-state index contributed by atoms with van der Waals surface area (Å²) in [6.07, 6.45) is 5.62. The van der Waals surface area contributed by atoms with Crippen LogP contribution in [0, 0.1) is 5.41 Å². The molecule has 0 bridgehead atoms. The lowest BCUT2D eigenvalue weighted by Crippen LogP contribution is -2.48. The maximum Gasteiger partial charge on any atom is 0.180 e. The highest BCUT2D eigenvalue weighted by Crippen LogP contribution is 2.62. The Labute approximate surface area is 225 Å². The number of Topliss-reactive ketones (excluding diaryl/α,β-unsaturated/α-hetero) is 3. The van der Waals surface area contributed by atoms with Gasteiger partial charge in [0.25, 0.3) is 0 Å². The Morgan fingerprint density at radius 2 is 1.67 bits per heavy atom. The molecule has 3 aromatic carbocycles. The minimum atomic E-state index is -1.54. The van der Waals surface area contributed by atoms with E-state index in [1.54, 1.807) is 37.4 Å². The van der Waals surface area contributed by atoms with Gasteiger partial charge in [-0.1, -0.05) is 72.8 Å². The Hall–Kier alpha value is -4.58. The van der Waals surface area contributed by atoms with E-state index in [0.29, 0.717) is 29.0 Å². The molecule has 1 fully saturated rings. The van der Waals surface area contributed by atoms with E-state index in [1.165, 1.54) is 0 Å². The fourth-order valence-electron chi connectivity index (χ4n) is 7.10. The van der Waals surface area contributed by atoms with Crippen molar-refractivity contribution in [3.05, 3.63) is 107 Å². The summed E-state index contributed by atoms with van der Waals surface area (Å²) in [5, 5.41) is 0.923. The van der Waals surface area contributed by atoms with E-state index in [9.17, 15) is 14.4 Å². The van der Waals surface area contributed by atoms with Crippen molar-refractivity contribution in [2.24, 2.45) is 5.41 Å². The number of ketones is 3. The molecular formula is C33H26N2O4. The van der Waals surface area contributed by atoms with E-state index in [-0.39, 0.29) is 17.3 Å². The van der Waals surface area contributed by atoms with Gasteiger partial charge in [-0.15, -0.1) is 0 Å². The molecule has 2 aliphatic heterocycles. The third kappa shape index (κ3) is 2.97. The van der Waals surface area contributed by atoms with Gasteiger partial charge in [0.1, 0.15) is 11.2 Å². The van der Waals surface area contributed by atoms with Crippen molar-refractivity contribution >= 4 is 40.0 Å². The van der Waals surface area contributed by atoms with Crippen LogP contribution in [-0.2, 0) is 4.79 Å². The fraction of sp³-hybridized carbons (Fsp3) is 0.212. The average molecular weight is 515 g/mol. The quantitative estimate of drug-likeness (QED) is 0.327. The van der Waals surface area contributed by atoms with E-state index in [4.69, 9.17) is 9.72 Å². The number of nitrogens with zero attached hydrogens (tertiary/aromatic N) is 2. The molecule has 3 aliphatic rings. The number of ether oxygens (including phenoxy) is 1. The number of aromatic nitrogens is 1. The molecule has 0 saturated carbocycles. The lowest BCUT2D eigenvalue weighted by atomic mass is 9.64. The van der Waals surface area contributed by atoms with Crippen LogP contribution in [0.1, 0.15) is 51.6 Å². The summed E-state index contributed by atoms with van der Waals surface area (Å²) >= 11 is 0. The number of rotatable bonds is 4. The zero-order chi connectivity index (χ0) is 26.9. The van der Waals surface area contributed by atoms with Crippen LogP contribution in [0.5, 0.6) is 5.75 Å². The maximum absolute atomic E-state index is 14.6. The molecule has 1 saturated heterocycles. The van der Waals surface area contributed by atoms with E-state index >= 15 is 0 Å². The summed E-state index contributed by atoms with van der Waals surface area (Å²) in [5.41, 5.74) is 2.35.